The van der Waals surface area contributed by atoms with Crippen LogP contribution in [0.15, 0.2) is 61.1 Å². The predicted molar refractivity (Wildman–Crippen MR) is 116 cm³/mol. The molecule has 0 bridgehead atoms. The topological polar surface area (TPSA) is 108 Å². The second-order valence-corrected chi connectivity index (χ2v) is 6.86. The predicted octanol–water partition coefficient (Wildman–Crippen LogP) is 4.12. The molecule has 0 unspecified atom stereocenters. The molecule has 0 saturated heterocycles. The summed E-state index contributed by atoms with van der Waals surface area (Å²) < 4.78 is 31.7. The number of aromatic nitrogens is 3. The molecule has 3 aromatic rings. The van der Waals surface area contributed by atoms with Gasteiger partial charge in [-0.2, -0.15) is 13.2 Å². The molecule has 7 nitrogen and oxygen atoms in total. The quantitative estimate of drug-likeness (QED) is 0.512. The maximum absolute atomic E-state index is 11.9. The molecule has 0 spiro atoms. The van der Waals surface area contributed by atoms with E-state index in [0.717, 1.165) is 40.2 Å². The van der Waals surface area contributed by atoms with E-state index in [1.807, 2.05) is 60.8 Å². The van der Waals surface area contributed by atoms with E-state index in [4.69, 9.17) is 9.90 Å². The van der Waals surface area contributed by atoms with E-state index in [1.165, 1.54) is 0 Å². The molecule has 4 rings (SSSR count). The molecule has 1 aliphatic heterocycles. The fraction of sp³-hybridized carbons (Fsp3) is 0.130. The Kier molecular flexibility index (Phi) is 7.39. The van der Waals surface area contributed by atoms with E-state index >= 15 is 0 Å². The summed E-state index contributed by atoms with van der Waals surface area (Å²) in [5.41, 5.74) is 5.59. The summed E-state index contributed by atoms with van der Waals surface area (Å²) >= 11 is 0. The first-order valence-electron chi connectivity index (χ1n) is 9.75. The van der Waals surface area contributed by atoms with Crippen LogP contribution < -0.4 is 5.32 Å². The number of nitrogens with zero attached hydrogens (tertiary/aromatic N) is 2. The number of aromatic amines is 1. The Morgan fingerprint density at radius 3 is 2.55 bits per heavy atom. The molecule has 33 heavy (non-hydrogen) atoms. The molecular weight excluding hydrogens is 437 g/mol. The summed E-state index contributed by atoms with van der Waals surface area (Å²) in [7, 11) is 0. The van der Waals surface area contributed by atoms with Gasteiger partial charge in [0.25, 0.3) is 5.91 Å². The lowest BCUT2D eigenvalue weighted by molar-refractivity contribution is -0.192. The molecule has 10 heteroatoms. The highest BCUT2D eigenvalue weighted by Gasteiger charge is 2.38. The minimum Gasteiger partial charge on any atom is -0.475 e. The highest BCUT2D eigenvalue weighted by molar-refractivity contribution is 5.97. The molecule has 170 valence electrons. The number of aliphatic carboxylic acids is 1. The van der Waals surface area contributed by atoms with Crippen molar-refractivity contribution >= 4 is 24.0 Å². The fourth-order valence-corrected chi connectivity index (χ4v) is 2.95. The van der Waals surface area contributed by atoms with Gasteiger partial charge in [0, 0.05) is 48.5 Å². The number of hydrogen-bond acceptors (Lipinski definition) is 4. The third-order valence-corrected chi connectivity index (χ3v) is 4.49. The van der Waals surface area contributed by atoms with Crippen LogP contribution in [0.2, 0.25) is 0 Å². The van der Waals surface area contributed by atoms with E-state index in [2.05, 4.69) is 20.3 Å². The number of hydrogen-bond donors (Lipinski definition) is 3. The summed E-state index contributed by atoms with van der Waals surface area (Å²) in [6, 6.07) is 9.76. The molecule has 0 fully saturated rings. The van der Waals surface area contributed by atoms with E-state index in [-0.39, 0.29) is 5.91 Å². The molecule has 0 aliphatic carbocycles. The van der Waals surface area contributed by atoms with Gasteiger partial charge in [-0.15, -0.1) is 0 Å². The van der Waals surface area contributed by atoms with Gasteiger partial charge in [0.05, 0.1) is 11.3 Å². The third kappa shape index (κ3) is 6.63. The van der Waals surface area contributed by atoms with E-state index in [9.17, 15) is 18.0 Å². The van der Waals surface area contributed by atoms with Gasteiger partial charge < -0.3 is 15.4 Å². The second-order valence-electron chi connectivity index (χ2n) is 6.86. The SMILES string of the molecule is O=C(O)C(F)(F)F.O=C1NCCc2[nH]c(-c3ccnc(/C=C/C=C/c4cccnc4)c3)cc21. The third-order valence-electron chi connectivity index (χ3n) is 4.49. The van der Waals surface area contributed by atoms with Crippen LogP contribution in [0.25, 0.3) is 23.4 Å². The number of carboxylic acid groups (broad SMARTS) is 1. The standard InChI is InChI=1S/C21H18N4O.C2HF3O2/c26-21-18-13-20(25-19(18)8-11-24-21)16-7-10-23-17(12-16)6-2-1-4-15-5-3-9-22-14-15;3-2(4,5)1(6)7/h1-7,9-10,12-14,25H,8,11H2,(H,24,26);(H,6,7)/b4-1+,6-2+;. The zero-order valence-corrected chi connectivity index (χ0v) is 17.1. The number of carbonyl (C=O) groups is 2. The number of carboxylic acids is 1. The van der Waals surface area contributed by atoms with Gasteiger partial charge in [0.15, 0.2) is 0 Å². The molecule has 3 aromatic heterocycles. The van der Waals surface area contributed by atoms with Crippen LogP contribution >= 0.6 is 0 Å². The lowest BCUT2D eigenvalue weighted by Gasteiger charge is -2.10. The number of allylic oxidation sites excluding steroid dienone is 2. The Bertz CT molecular complexity index is 1190. The number of H-pyrrole nitrogens is 1. The number of fused-ring (bicyclic) bond motifs is 1. The van der Waals surface area contributed by atoms with Gasteiger partial charge in [0.1, 0.15) is 0 Å². The van der Waals surface area contributed by atoms with Crippen molar-refractivity contribution in [1.29, 1.82) is 0 Å². The molecule has 0 atom stereocenters. The molecule has 1 amide bonds. The highest BCUT2D eigenvalue weighted by atomic mass is 19.4. The van der Waals surface area contributed by atoms with Crippen molar-refractivity contribution in [2.75, 3.05) is 6.54 Å². The van der Waals surface area contributed by atoms with Gasteiger partial charge in [-0.1, -0.05) is 24.3 Å². The minimum absolute atomic E-state index is 0.0107. The molecule has 0 saturated carbocycles. The zero-order chi connectivity index (χ0) is 23.8. The van der Waals surface area contributed by atoms with Crippen molar-refractivity contribution in [3.63, 3.8) is 0 Å². The summed E-state index contributed by atoms with van der Waals surface area (Å²) in [6.45, 7) is 0.680. The number of amides is 1. The van der Waals surface area contributed by atoms with Crippen molar-refractivity contribution in [2.45, 2.75) is 12.6 Å². The number of nitrogens with one attached hydrogen (secondary N) is 2. The molecule has 1 aliphatic rings. The Labute approximate surface area is 186 Å². The van der Waals surface area contributed by atoms with Crippen LogP contribution in [0.5, 0.6) is 0 Å². The van der Waals surface area contributed by atoms with Crippen LogP contribution in [0.3, 0.4) is 0 Å². The number of pyridine rings is 2. The molecular formula is C23H19F3N4O3. The minimum atomic E-state index is -5.08. The highest BCUT2D eigenvalue weighted by Crippen LogP contribution is 2.24. The zero-order valence-electron chi connectivity index (χ0n) is 17.1. The molecule has 0 aromatic carbocycles. The fourth-order valence-electron chi connectivity index (χ4n) is 2.95. The second kappa shape index (κ2) is 10.4. The van der Waals surface area contributed by atoms with Crippen LogP contribution in [0, 0.1) is 0 Å². The maximum Gasteiger partial charge on any atom is 0.490 e. The smallest absolute Gasteiger partial charge is 0.475 e. The average molecular weight is 456 g/mol. The van der Waals surface area contributed by atoms with Crippen molar-refractivity contribution in [2.24, 2.45) is 0 Å². The Morgan fingerprint density at radius 2 is 1.88 bits per heavy atom. The van der Waals surface area contributed by atoms with Gasteiger partial charge in [-0.3, -0.25) is 14.8 Å². The van der Waals surface area contributed by atoms with Crippen molar-refractivity contribution in [1.82, 2.24) is 20.3 Å². The summed E-state index contributed by atoms with van der Waals surface area (Å²) in [6.07, 6.45) is 8.95. The van der Waals surface area contributed by atoms with Gasteiger partial charge >= 0.3 is 12.1 Å². The lowest BCUT2D eigenvalue weighted by atomic mass is 10.1. The van der Waals surface area contributed by atoms with E-state index in [0.29, 0.717) is 6.54 Å². The normalized spacial score (nSPS) is 13.4. The lowest BCUT2D eigenvalue weighted by Crippen LogP contribution is -2.31. The molecule has 4 heterocycles. The van der Waals surface area contributed by atoms with Gasteiger partial charge in [0.2, 0.25) is 0 Å². The van der Waals surface area contributed by atoms with Crippen LogP contribution in [0.1, 0.15) is 27.3 Å². The first-order chi connectivity index (χ1) is 15.7. The van der Waals surface area contributed by atoms with Crippen molar-refractivity contribution in [3.05, 3.63) is 83.6 Å². The Hall–Kier alpha value is -4.21. The number of alkyl halides is 3. The summed E-state index contributed by atoms with van der Waals surface area (Å²) in [4.78, 5) is 32.6. The number of rotatable bonds is 4. The Morgan fingerprint density at radius 1 is 1.12 bits per heavy atom. The Balaban J connectivity index is 0.000000383. The van der Waals surface area contributed by atoms with Crippen molar-refractivity contribution in [3.8, 4) is 11.3 Å². The monoisotopic (exact) mass is 456 g/mol. The number of carbonyl (C=O) groups excluding carboxylic acids is 1. The average Bonchev–Trinajstić information content (AvgIpc) is 3.23. The van der Waals surface area contributed by atoms with E-state index < -0.39 is 12.1 Å². The van der Waals surface area contributed by atoms with Crippen LogP contribution in [0.4, 0.5) is 13.2 Å². The summed E-state index contributed by atoms with van der Waals surface area (Å²) in [5, 5.41) is 9.99. The van der Waals surface area contributed by atoms with Crippen LogP contribution in [-0.2, 0) is 11.2 Å². The van der Waals surface area contributed by atoms with Crippen LogP contribution in [-0.4, -0.2) is 44.7 Å². The largest absolute Gasteiger partial charge is 0.490 e. The maximum atomic E-state index is 11.9. The summed E-state index contributed by atoms with van der Waals surface area (Å²) in [5.74, 6) is -2.77. The molecule has 0 radical (unpaired) electrons. The van der Waals surface area contributed by atoms with E-state index in [1.54, 1.807) is 12.4 Å². The first-order valence-corrected chi connectivity index (χ1v) is 9.75. The van der Waals surface area contributed by atoms with Gasteiger partial charge in [-0.05, 0) is 35.9 Å². The van der Waals surface area contributed by atoms with Gasteiger partial charge in [-0.25, -0.2) is 4.79 Å². The van der Waals surface area contributed by atoms with Crippen molar-refractivity contribution < 1.29 is 27.9 Å². The number of halogens is 3. The first kappa shape index (κ1) is 23.5. The molecule has 3 N–H and O–H groups in total.